The van der Waals surface area contributed by atoms with Crippen molar-refractivity contribution in [2.45, 2.75) is 19.8 Å². The molecule has 0 saturated carbocycles. The van der Waals surface area contributed by atoms with E-state index in [1.165, 1.54) is 4.73 Å². The number of aromatic nitrogens is 1. The Morgan fingerprint density at radius 1 is 1.47 bits per heavy atom. The molecule has 1 aromatic rings. The van der Waals surface area contributed by atoms with E-state index in [1.807, 2.05) is 12.1 Å². The lowest BCUT2D eigenvalue weighted by atomic mass is 10.2. The van der Waals surface area contributed by atoms with Crippen LogP contribution in [0.4, 0.5) is 0 Å². The van der Waals surface area contributed by atoms with Crippen LogP contribution >= 0.6 is 0 Å². The largest absolute Gasteiger partial charge is 0.748 e. The third-order valence-corrected chi connectivity index (χ3v) is 1.43. The molecule has 0 radical (unpaired) electrons. The maximum Gasteiger partial charge on any atom is 0.234 e. The highest BCUT2D eigenvalue weighted by atomic mass is 32.2. The maximum absolute atomic E-state index is 9.16. The minimum atomic E-state index is -3.92. The van der Waals surface area contributed by atoms with E-state index in [0.29, 0.717) is 6.26 Å². The zero-order valence-electron chi connectivity index (χ0n) is 8.75. The van der Waals surface area contributed by atoms with E-state index in [2.05, 4.69) is 6.92 Å². The van der Waals surface area contributed by atoms with E-state index in [9.17, 15) is 0 Å². The summed E-state index contributed by atoms with van der Waals surface area (Å²) >= 11 is 0. The summed E-state index contributed by atoms with van der Waals surface area (Å²) in [5.74, 6) is 0. The monoisotopic (exact) mass is 233 g/mol. The first-order chi connectivity index (χ1) is 6.84. The highest BCUT2D eigenvalue weighted by Gasteiger charge is 2.04. The van der Waals surface area contributed by atoms with Gasteiger partial charge in [-0.3, -0.25) is 5.21 Å². The molecule has 0 atom stereocenters. The van der Waals surface area contributed by atoms with Gasteiger partial charge < -0.3 is 4.55 Å². The molecule has 1 rings (SSSR count). The fourth-order valence-corrected chi connectivity index (χ4v) is 0.924. The first-order valence-electron chi connectivity index (χ1n) is 4.44. The first kappa shape index (κ1) is 13.9. The number of pyridine rings is 1. The summed E-state index contributed by atoms with van der Waals surface area (Å²) < 4.78 is 28.4. The van der Waals surface area contributed by atoms with Crippen LogP contribution in [0, 0.1) is 0 Å². The SMILES string of the molecule is CCCc1cccc[n+]1O.CS(=O)(=O)[O-]. The van der Waals surface area contributed by atoms with Gasteiger partial charge in [-0.05, 0) is 12.5 Å². The van der Waals surface area contributed by atoms with Crippen LogP contribution in [-0.4, -0.2) is 24.4 Å². The molecule has 1 heterocycles. The minimum absolute atomic E-state index is 0.604. The fraction of sp³-hybridized carbons (Fsp3) is 0.444. The Hall–Kier alpha value is -1.14. The van der Waals surface area contributed by atoms with E-state index in [0.717, 1.165) is 18.5 Å². The molecule has 0 aliphatic heterocycles. The van der Waals surface area contributed by atoms with Crippen molar-refractivity contribution in [1.29, 1.82) is 0 Å². The van der Waals surface area contributed by atoms with Crippen LogP contribution in [0.3, 0.4) is 0 Å². The number of aryl methyl sites for hydroxylation is 1. The second-order valence-corrected chi connectivity index (χ2v) is 4.40. The quantitative estimate of drug-likeness (QED) is 0.453. The van der Waals surface area contributed by atoms with Gasteiger partial charge in [-0.25, -0.2) is 8.42 Å². The van der Waals surface area contributed by atoms with Gasteiger partial charge in [0.1, 0.15) is 0 Å². The van der Waals surface area contributed by atoms with Crippen LogP contribution in [0.5, 0.6) is 0 Å². The number of rotatable bonds is 2. The highest BCUT2D eigenvalue weighted by molar-refractivity contribution is 7.84. The standard InChI is InChI=1S/C8H12NO.CH4O3S/c1-2-5-8-6-3-4-7-9(8)10;1-5(2,3)4/h3-4,6-7,10H,2,5H2,1H3;1H3,(H,2,3,4)/q+1;/p-1. The van der Waals surface area contributed by atoms with Gasteiger partial charge >= 0.3 is 0 Å². The molecular formula is C9H15NO4S. The summed E-state index contributed by atoms with van der Waals surface area (Å²) in [5, 5.41) is 9.16. The number of hydrogen-bond acceptors (Lipinski definition) is 4. The molecule has 0 unspecified atom stereocenters. The van der Waals surface area contributed by atoms with Crippen molar-refractivity contribution >= 4 is 10.1 Å². The summed E-state index contributed by atoms with van der Waals surface area (Å²) in [7, 11) is -3.92. The average molecular weight is 233 g/mol. The van der Waals surface area contributed by atoms with Crippen molar-refractivity contribution < 1.29 is 22.9 Å². The summed E-state index contributed by atoms with van der Waals surface area (Å²) in [4.78, 5) is 0. The van der Waals surface area contributed by atoms with Crippen molar-refractivity contribution in [2.24, 2.45) is 0 Å². The van der Waals surface area contributed by atoms with Gasteiger partial charge in [0.2, 0.25) is 11.9 Å². The van der Waals surface area contributed by atoms with Crippen LogP contribution in [0.25, 0.3) is 0 Å². The van der Waals surface area contributed by atoms with E-state index in [1.54, 1.807) is 12.3 Å². The van der Waals surface area contributed by atoms with Crippen molar-refractivity contribution in [2.75, 3.05) is 6.26 Å². The van der Waals surface area contributed by atoms with Gasteiger partial charge in [0.25, 0.3) is 0 Å². The molecule has 0 saturated heterocycles. The summed E-state index contributed by atoms with van der Waals surface area (Å²) in [5.41, 5.74) is 0.963. The third-order valence-electron chi connectivity index (χ3n) is 1.43. The molecule has 86 valence electrons. The predicted molar refractivity (Wildman–Crippen MR) is 53.4 cm³/mol. The number of nitrogens with zero attached hydrogens (tertiary/aromatic N) is 1. The number of hydrogen-bond donors (Lipinski definition) is 1. The van der Waals surface area contributed by atoms with Gasteiger partial charge in [-0.15, -0.1) is 0 Å². The van der Waals surface area contributed by atoms with Gasteiger partial charge in [-0.1, -0.05) is 6.92 Å². The van der Waals surface area contributed by atoms with E-state index >= 15 is 0 Å². The van der Waals surface area contributed by atoms with Crippen molar-refractivity contribution in [3.05, 3.63) is 30.1 Å². The molecule has 0 amide bonds. The lowest BCUT2D eigenvalue weighted by molar-refractivity contribution is -0.909. The first-order valence-corrected chi connectivity index (χ1v) is 6.26. The molecule has 15 heavy (non-hydrogen) atoms. The fourth-order valence-electron chi connectivity index (χ4n) is 0.924. The zero-order valence-corrected chi connectivity index (χ0v) is 9.57. The van der Waals surface area contributed by atoms with Gasteiger partial charge in [0.05, 0.1) is 10.1 Å². The third kappa shape index (κ3) is 9.17. The lowest BCUT2D eigenvalue weighted by Gasteiger charge is -1.91. The topological polar surface area (TPSA) is 81.3 Å². The van der Waals surface area contributed by atoms with E-state index in [4.69, 9.17) is 18.2 Å². The van der Waals surface area contributed by atoms with Gasteiger partial charge in [-0.2, -0.15) is 0 Å². The zero-order chi connectivity index (χ0) is 11.9. The Labute approximate surface area is 89.7 Å². The van der Waals surface area contributed by atoms with Crippen LogP contribution < -0.4 is 4.73 Å². The molecule has 6 heteroatoms. The molecule has 5 nitrogen and oxygen atoms in total. The summed E-state index contributed by atoms with van der Waals surface area (Å²) in [6.45, 7) is 2.09. The maximum atomic E-state index is 9.16. The minimum Gasteiger partial charge on any atom is -0.748 e. The van der Waals surface area contributed by atoms with Crippen molar-refractivity contribution in [3.8, 4) is 0 Å². The van der Waals surface area contributed by atoms with Crippen LogP contribution in [0.15, 0.2) is 24.4 Å². The molecule has 0 aliphatic rings. The second-order valence-electron chi connectivity index (χ2n) is 2.99. The Kier molecular flexibility index (Phi) is 5.88. The predicted octanol–water partition coefficient (Wildman–Crippen LogP) is 0.325. The Morgan fingerprint density at radius 3 is 2.40 bits per heavy atom. The second kappa shape index (κ2) is 6.36. The molecule has 1 aromatic heterocycles. The summed E-state index contributed by atoms with van der Waals surface area (Å²) in [6, 6.07) is 5.65. The van der Waals surface area contributed by atoms with Gasteiger partial charge in [0, 0.05) is 29.5 Å². The van der Waals surface area contributed by atoms with Gasteiger partial charge in [0.15, 0.2) is 0 Å². The van der Waals surface area contributed by atoms with E-state index < -0.39 is 10.1 Å². The highest BCUT2D eigenvalue weighted by Crippen LogP contribution is 1.93. The molecule has 0 bridgehead atoms. The Bertz CT molecular complexity index is 381. The smallest absolute Gasteiger partial charge is 0.234 e. The Morgan fingerprint density at radius 2 is 2.00 bits per heavy atom. The van der Waals surface area contributed by atoms with Crippen LogP contribution in [-0.2, 0) is 16.5 Å². The molecular weight excluding hydrogens is 218 g/mol. The summed E-state index contributed by atoms with van der Waals surface area (Å²) in [6.07, 6.45) is 4.24. The molecule has 1 N–H and O–H groups in total. The van der Waals surface area contributed by atoms with Crippen molar-refractivity contribution in [1.82, 2.24) is 0 Å². The molecule has 0 fully saturated rings. The van der Waals surface area contributed by atoms with E-state index in [-0.39, 0.29) is 0 Å². The van der Waals surface area contributed by atoms with Crippen LogP contribution in [0.1, 0.15) is 19.0 Å². The lowest BCUT2D eigenvalue weighted by Crippen LogP contribution is -2.34. The average Bonchev–Trinajstić information content (AvgIpc) is 2.06. The molecule has 0 aromatic carbocycles. The van der Waals surface area contributed by atoms with Crippen LogP contribution in [0.2, 0.25) is 0 Å². The van der Waals surface area contributed by atoms with Crippen molar-refractivity contribution in [3.63, 3.8) is 0 Å². The molecule has 0 spiro atoms. The normalized spacial score (nSPS) is 10.3. The molecule has 0 aliphatic carbocycles. The Balaban J connectivity index is 0.000000336.